The van der Waals surface area contributed by atoms with Crippen LogP contribution in [0, 0.1) is 6.92 Å². The van der Waals surface area contributed by atoms with Crippen molar-refractivity contribution in [3.05, 3.63) is 76.3 Å². The third-order valence-electron chi connectivity index (χ3n) is 4.38. The van der Waals surface area contributed by atoms with Gasteiger partial charge in [-0.1, -0.05) is 60.7 Å². The standard InChI is InChI=1S/C23H27N3O2S/c1-3-15-28-20-11-9-19(10-12-20)16-25-22(27)21-17(2)26-23(29-21)24-14-13-18-7-5-4-6-8-18/h4-12H,3,13-16H2,1-2H3,(H,24,26)(H,25,27). The Hall–Kier alpha value is -2.86. The molecule has 3 rings (SSSR count). The first kappa shape index (κ1) is 20.9. The van der Waals surface area contributed by atoms with Gasteiger partial charge >= 0.3 is 0 Å². The first-order valence-electron chi connectivity index (χ1n) is 9.91. The minimum atomic E-state index is -0.0950. The van der Waals surface area contributed by atoms with Gasteiger partial charge < -0.3 is 15.4 Å². The molecule has 0 saturated heterocycles. The van der Waals surface area contributed by atoms with Crippen molar-refractivity contribution in [1.29, 1.82) is 0 Å². The van der Waals surface area contributed by atoms with Crippen molar-refractivity contribution in [3.63, 3.8) is 0 Å². The zero-order chi connectivity index (χ0) is 20.5. The second kappa shape index (κ2) is 10.6. The van der Waals surface area contributed by atoms with Crippen LogP contribution in [0.2, 0.25) is 0 Å². The van der Waals surface area contributed by atoms with Gasteiger partial charge in [0.1, 0.15) is 10.6 Å². The summed E-state index contributed by atoms with van der Waals surface area (Å²) < 4.78 is 5.58. The summed E-state index contributed by atoms with van der Waals surface area (Å²) in [7, 11) is 0. The van der Waals surface area contributed by atoms with Crippen molar-refractivity contribution in [1.82, 2.24) is 10.3 Å². The van der Waals surface area contributed by atoms with Crippen LogP contribution in [0.4, 0.5) is 5.13 Å². The van der Waals surface area contributed by atoms with Crippen molar-refractivity contribution in [2.45, 2.75) is 33.2 Å². The van der Waals surface area contributed by atoms with E-state index in [2.05, 4.69) is 34.7 Å². The third kappa shape index (κ3) is 6.32. The van der Waals surface area contributed by atoms with Gasteiger partial charge in [0, 0.05) is 13.1 Å². The van der Waals surface area contributed by atoms with E-state index >= 15 is 0 Å². The number of hydrogen-bond donors (Lipinski definition) is 2. The van der Waals surface area contributed by atoms with E-state index in [1.54, 1.807) is 0 Å². The molecule has 0 aliphatic rings. The Morgan fingerprint density at radius 1 is 1.07 bits per heavy atom. The number of thiazole rings is 1. The lowest BCUT2D eigenvalue weighted by Crippen LogP contribution is -2.22. The summed E-state index contributed by atoms with van der Waals surface area (Å²) in [6.45, 7) is 5.91. The SMILES string of the molecule is CCCOc1ccc(CNC(=O)c2sc(NCCc3ccccc3)nc2C)cc1. The second-order valence-electron chi connectivity index (χ2n) is 6.77. The Balaban J connectivity index is 1.49. The number of benzene rings is 2. The van der Waals surface area contributed by atoms with Crippen molar-refractivity contribution in [3.8, 4) is 5.75 Å². The number of nitrogens with one attached hydrogen (secondary N) is 2. The van der Waals surface area contributed by atoms with E-state index in [0.29, 0.717) is 18.0 Å². The monoisotopic (exact) mass is 409 g/mol. The fourth-order valence-electron chi connectivity index (χ4n) is 2.83. The van der Waals surface area contributed by atoms with Crippen LogP contribution in [0.25, 0.3) is 0 Å². The van der Waals surface area contributed by atoms with Crippen LogP contribution in [0.3, 0.4) is 0 Å². The first-order chi connectivity index (χ1) is 14.2. The molecule has 3 aromatic rings. The van der Waals surface area contributed by atoms with E-state index in [1.165, 1.54) is 16.9 Å². The maximum atomic E-state index is 12.6. The molecule has 0 aliphatic heterocycles. The lowest BCUT2D eigenvalue weighted by molar-refractivity contribution is 0.0954. The molecule has 2 aromatic carbocycles. The zero-order valence-corrected chi connectivity index (χ0v) is 17.7. The number of carbonyl (C=O) groups excluding carboxylic acids is 1. The predicted octanol–water partition coefficient (Wildman–Crippen LogP) is 4.82. The van der Waals surface area contributed by atoms with Gasteiger partial charge in [0.15, 0.2) is 5.13 Å². The molecule has 0 saturated carbocycles. The first-order valence-corrected chi connectivity index (χ1v) is 10.7. The number of carbonyl (C=O) groups is 1. The Kier molecular flexibility index (Phi) is 7.64. The average molecular weight is 410 g/mol. The Morgan fingerprint density at radius 2 is 1.83 bits per heavy atom. The molecule has 0 radical (unpaired) electrons. The van der Waals surface area contributed by atoms with E-state index in [0.717, 1.165) is 41.5 Å². The van der Waals surface area contributed by atoms with Gasteiger partial charge in [0.2, 0.25) is 0 Å². The summed E-state index contributed by atoms with van der Waals surface area (Å²) in [6, 6.07) is 18.1. The third-order valence-corrected chi connectivity index (χ3v) is 5.50. The van der Waals surface area contributed by atoms with Crippen molar-refractivity contribution in [2.24, 2.45) is 0 Å². The van der Waals surface area contributed by atoms with Crippen LogP contribution in [0.1, 0.15) is 39.8 Å². The highest BCUT2D eigenvalue weighted by molar-refractivity contribution is 7.17. The van der Waals surface area contributed by atoms with Crippen molar-refractivity contribution < 1.29 is 9.53 Å². The molecule has 1 aromatic heterocycles. The molecule has 0 aliphatic carbocycles. The van der Waals surface area contributed by atoms with Crippen LogP contribution in [-0.2, 0) is 13.0 Å². The molecule has 0 bridgehead atoms. The molecule has 0 spiro atoms. The predicted molar refractivity (Wildman–Crippen MR) is 119 cm³/mol. The molecule has 29 heavy (non-hydrogen) atoms. The zero-order valence-electron chi connectivity index (χ0n) is 16.9. The van der Waals surface area contributed by atoms with E-state index < -0.39 is 0 Å². The number of anilines is 1. The Morgan fingerprint density at radius 3 is 2.55 bits per heavy atom. The number of hydrogen-bond acceptors (Lipinski definition) is 5. The van der Waals surface area contributed by atoms with Gasteiger partial charge in [-0.2, -0.15) is 0 Å². The summed E-state index contributed by atoms with van der Waals surface area (Å²) in [5, 5.41) is 7.08. The van der Waals surface area contributed by atoms with Crippen LogP contribution < -0.4 is 15.4 Å². The summed E-state index contributed by atoms with van der Waals surface area (Å²) in [4.78, 5) is 17.7. The molecule has 1 heterocycles. The molecular weight excluding hydrogens is 382 g/mol. The highest BCUT2D eigenvalue weighted by Gasteiger charge is 2.15. The smallest absolute Gasteiger partial charge is 0.263 e. The molecule has 2 N–H and O–H groups in total. The molecule has 0 atom stereocenters. The maximum absolute atomic E-state index is 12.6. The largest absolute Gasteiger partial charge is 0.494 e. The molecule has 5 nitrogen and oxygen atoms in total. The van der Waals surface area contributed by atoms with Crippen LogP contribution >= 0.6 is 11.3 Å². The minimum absolute atomic E-state index is 0.0950. The summed E-state index contributed by atoms with van der Waals surface area (Å²) in [6.07, 6.45) is 1.90. The lowest BCUT2D eigenvalue weighted by Gasteiger charge is -2.07. The van der Waals surface area contributed by atoms with Gasteiger partial charge in [0.05, 0.1) is 12.3 Å². The number of nitrogens with zero attached hydrogens (tertiary/aromatic N) is 1. The fourth-order valence-corrected chi connectivity index (χ4v) is 3.74. The van der Waals surface area contributed by atoms with E-state index in [-0.39, 0.29) is 5.91 Å². The number of rotatable bonds is 10. The average Bonchev–Trinajstić information content (AvgIpc) is 3.12. The van der Waals surface area contributed by atoms with Gasteiger partial charge in [-0.15, -0.1) is 0 Å². The van der Waals surface area contributed by atoms with Gasteiger partial charge in [-0.05, 0) is 43.0 Å². The highest BCUT2D eigenvalue weighted by atomic mass is 32.1. The Labute approximate surface area is 176 Å². The second-order valence-corrected chi connectivity index (χ2v) is 7.77. The van der Waals surface area contributed by atoms with Crippen LogP contribution in [0.15, 0.2) is 54.6 Å². The molecule has 1 amide bonds. The number of aryl methyl sites for hydroxylation is 1. The molecule has 0 unspecified atom stereocenters. The van der Waals surface area contributed by atoms with E-state index in [4.69, 9.17) is 4.74 Å². The highest BCUT2D eigenvalue weighted by Crippen LogP contribution is 2.22. The van der Waals surface area contributed by atoms with E-state index in [9.17, 15) is 4.79 Å². The topological polar surface area (TPSA) is 63.2 Å². The minimum Gasteiger partial charge on any atom is -0.494 e. The summed E-state index contributed by atoms with van der Waals surface area (Å²) >= 11 is 1.40. The van der Waals surface area contributed by atoms with Gasteiger partial charge in [0.25, 0.3) is 5.91 Å². The Bertz CT molecular complexity index is 908. The van der Waals surface area contributed by atoms with Crippen LogP contribution in [0.5, 0.6) is 5.75 Å². The van der Waals surface area contributed by atoms with Crippen molar-refractivity contribution >= 4 is 22.4 Å². The van der Waals surface area contributed by atoms with Gasteiger partial charge in [-0.25, -0.2) is 4.98 Å². The van der Waals surface area contributed by atoms with Gasteiger partial charge in [-0.3, -0.25) is 4.79 Å². The molecule has 152 valence electrons. The number of amides is 1. The number of aromatic nitrogens is 1. The fraction of sp³-hybridized carbons (Fsp3) is 0.304. The molecular formula is C23H27N3O2S. The van der Waals surface area contributed by atoms with Crippen molar-refractivity contribution in [2.75, 3.05) is 18.5 Å². The van der Waals surface area contributed by atoms with Crippen LogP contribution in [-0.4, -0.2) is 24.0 Å². The summed E-state index contributed by atoms with van der Waals surface area (Å²) in [5.74, 6) is 0.758. The van der Waals surface area contributed by atoms with E-state index in [1.807, 2.05) is 49.4 Å². The molecule has 6 heteroatoms. The maximum Gasteiger partial charge on any atom is 0.263 e. The molecule has 0 fully saturated rings. The normalized spacial score (nSPS) is 10.6. The lowest BCUT2D eigenvalue weighted by atomic mass is 10.2. The number of ether oxygens (including phenoxy) is 1. The quantitative estimate of drug-likeness (QED) is 0.504. The summed E-state index contributed by atoms with van der Waals surface area (Å²) in [5.41, 5.74) is 3.06.